The Balaban J connectivity index is 1.84. The molecule has 2 nitrogen and oxygen atoms in total. The molecule has 0 aromatic heterocycles. The molecule has 0 aliphatic heterocycles. The molecule has 0 heterocycles. The summed E-state index contributed by atoms with van der Waals surface area (Å²) in [5.74, 6) is 0.319. The average molecular weight is 320 g/mol. The maximum absolute atomic E-state index is 9.41. The Morgan fingerprint density at radius 3 is 2.53 bits per heavy atom. The van der Waals surface area contributed by atoms with Gasteiger partial charge in [-0.1, -0.05) is 40.2 Å². The van der Waals surface area contributed by atoms with Crippen LogP contribution in [-0.4, -0.2) is 11.1 Å². The van der Waals surface area contributed by atoms with Crippen LogP contribution in [0.1, 0.15) is 18.1 Å². The Kier molecular flexibility index (Phi) is 5.00. The van der Waals surface area contributed by atoms with E-state index in [9.17, 15) is 5.11 Å². The van der Waals surface area contributed by atoms with Crippen LogP contribution in [0.2, 0.25) is 0 Å². The first kappa shape index (κ1) is 14.1. The van der Waals surface area contributed by atoms with Gasteiger partial charge in [-0.05, 0) is 48.7 Å². The van der Waals surface area contributed by atoms with Gasteiger partial charge in [0.05, 0.1) is 0 Å². The summed E-state index contributed by atoms with van der Waals surface area (Å²) in [5.41, 5.74) is 2.42. The van der Waals surface area contributed by atoms with Crippen molar-refractivity contribution in [3.05, 3.63) is 64.1 Å². The lowest BCUT2D eigenvalue weighted by Crippen LogP contribution is -2.27. The van der Waals surface area contributed by atoms with Gasteiger partial charge in [-0.15, -0.1) is 0 Å². The number of benzene rings is 2. The molecule has 1 unspecified atom stereocenters. The van der Waals surface area contributed by atoms with Crippen LogP contribution in [0.3, 0.4) is 0 Å². The van der Waals surface area contributed by atoms with E-state index in [4.69, 9.17) is 0 Å². The first-order valence-corrected chi connectivity index (χ1v) is 7.18. The summed E-state index contributed by atoms with van der Waals surface area (Å²) in [6.45, 7) is 2.94. The van der Waals surface area contributed by atoms with E-state index in [0.717, 1.165) is 23.0 Å². The van der Waals surface area contributed by atoms with E-state index in [1.54, 1.807) is 12.1 Å². The molecule has 0 spiro atoms. The number of hydrogen-bond acceptors (Lipinski definition) is 2. The molecule has 2 aromatic rings. The van der Waals surface area contributed by atoms with Gasteiger partial charge in [-0.3, -0.25) is 0 Å². The molecule has 2 aromatic carbocycles. The Morgan fingerprint density at radius 1 is 1.11 bits per heavy atom. The Labute approximate surface area is 122 Å². The van der Waals surface area contributed by atoms with Crippen molar-refractivity contribution < 1.29 is 5.11 Å². The number of aromatic hydroxyl groups is 1. The first-order chi connectivity index (χ1) is 9.13. The number of hydrogen-bond donors (Lipinski definition) is 2. The van der Waals surface area contributed by atoms with Gasteiger partial charge in [-0.25, -0.2) is 0 Å². The molecule has 2 N–H and O–H groups in total. The number of nitrogens with one attached hydrogen (secondary N) is 1. The van der Waals surface area contributed by atoms with Gasteiger partial charge < -0.3 is 10.4 Å². The molecule has 2 rings (SSSR count). The summed E-state index contributed by atoms with van der Waals surface area (Å²) < 4.78 is 1.11. The molecule has 0 saturated carbocycles. The molecule has 0 aliphatic carbocycles. The van der Waals surface area contributed by atoms with Gasteiger partial charge in [0.15, 0.2) is 0 Å². The van der Waals surface area contributed by atoms with Crippen LogP contribution in [0.5, 0.6) is 5.75 Å². The van der Waals surface area contributed by atoms with E-state index < -0.39 is 0 Å². The van der Waals surface area contributed by atoms with Gasteiger partial charge in [0, 0.05) is 17.1 Å². The minimum atomic E-state index is 0.319. The summed E-state index contributed by atoms with van der Waals surface area (Å²) in [4.78, 5) is 0. The molecule has 1 atom stereocenters. The van der Waals surface area contributed by atoms with Crippen LogP contribution >= 0.6 is 15.9 Å². The summed E-state index contributed by atoms with van der Waals surface area (Å²) in [6.07, 6.45) is 0.992. The average Bonchev–Trinajstić information content (AvgIpc) is 2.39. The largest absolute Gasteiger partial charge is 0.508 e. The maximum atomic E-state index is 9.41. The summed E-state index contributed by atoms with van der Waals surface area (Å²) >= 11 is 3.44. The Morgan fingerprint density at radius 2 is 1.84 bits per heavy atom. The third-order valence-electron chi connectivity index (χ3n) is 3.02. The molecule has 3 heteroatoms. The molecule has 100 valence electrons. The van der Waals surface area contributed by atoms with Crippen LogP contribution in [0.25, 0.3) is 0 Å². The van der Waals surface area contributed by atoms with Crippen molar-refractivity contribution >= 4 is 15.9 Å². The van der Waals surface area contributed by atoms with Crippen LogP contribution in [0.15, 0.2) is 53.0 Å². The molecule has 0 aliphatic rings. The van der Waals surface area contributed by atoms with Crippen molar-refractivity contribution in [1.82, 2.24) is 5.32 Å². The number of halogens is 1. The van der Waals surface area contributed by atoms with Crippen molar-refractivity contribution in [2.24, 2.45) is 0 Å². The second-order valence-electron chi connectivity index (χ2n) is 4.78. The normalized spacial score (nSPS) is 12.3. The van der Waals surface area contributed by atoms with Gasteiger partial charge in [0.25, 0.3) is 0 Å². The highest BCUT2D eigenvalue weighted by molar-refractivity contribution is 9.10. The predicted octanol–water partition coefficient (Wildman–Crippen LogP) is 3.88. The maximum Gasteiger partial charge on any atom is 0.115 e. The van der Waals surface area contributed by atoms with E-state index in [-0.39, 0.29) is 0 Å². The van der Waals surface area contributed by atoms with E-state index in [1.807, 2.05) is 12.1 Å². The van der Waals surface area contributed by atoms with E-state index in [0.29, 0.717) is 11.8 Å². The fraction of sp³-hybridized carbons (Fsp3) is 0.250. The highest BCUT2D eigenvalue weighted by Crippen LogP contribution is 2.13. The van der Waals surface area contributed by atoms with E-state index >= 15 is 0 Å². The lowest BCUT2D eigenvalue weighted by atomic mass is 10.1. The van der Waals surface area contributed by atoms with E-state index in [1.165, 1.54) is 5.56 Å². The van der Waals surface area contributed by atoms with Crippen LogP contribution in [-0.2, 0) is 13.0 Å². The second kappa shape index (κ2) is 6.73. The molecule has 0 amide bonds. The highest BCUT2D eigenvalue weighted by Gasteiger charge is 2.03. The van der Waals surface area contributed by atoms with Crippen LogP contribution < -0.4 is 5.32 Å². The highest BCUT2D eigenvalue weighted by atomic mass is 79.9. The number of phenolic OH excluding ortho intramolecular Hbond substituents is 1. The van der Waals surface area contributed by atoms with Gasteiger partial charge in [0.2, 0.25) is 0 Å². The van der Waals surface area contributed by atoms with Gasteiger partial charge in [0.1, 0.15) is 5.75 Å². The Hall–Kier alpha value is -1.32. The standard InChI is InChI=1S/C16H18BrNO/c1-12(9-13-5-7-15(17)8-6-13)18-11-14-3-2-4-16(19)10-14/h2-8,10,12,18-19H,9,11H2,1H3. The topological polar surface area (TPSA) is 32.3 Å². The van der Waals surface area contributed by atoms with E-state index in [2.05, 4.69) is 52.4 Å². The number of rotatable bonds is 5. The fourth-order valence-corrected chi connectivity index (χ4v) is 2.27. The molecule has 0 fully saturated rings. The smallest absolute Gasteiger partial charge is 0.115 e. The summed E-state index contributed by atoms with van der Waals surface area (Å²) in [7, 11) is 0. The van der Waals surface area contributed by atoms with Crippen LogP contribution in [0, 0.1) is 0 Å². The molecule has 0 radical (unpaired) electrons. The SMILES string of the molecule is CC(Cc1ccc(Br)cc1)NCc1cccc(O)c1. The van der Waals surface area contributed by atoms with Crippen molar-refractivity contribution in [3.63, 3.8) is 0 Å². The minimum Gasteiger partial charge on any atom is -0.508 e. The quantitative estimate of drug-likeness (QED) is 0.876. The zero-order valence-electron chi connectivity index (χ0n) is 10.9. The van der Waals surface area contributed by atoms with Crippen molar-refractivity contribution in [2.75, 3.05) is 0 Å². The van der Waals surface area contributed by atoms with Crippen molar-refractivity contribution in [3.8, 4) is 5.75 Å². The summed E-state index contributed by atoms with van der Waals surface area (Å²) in [5, 5.41) is 12.9. The number of phenols is 1. The second-order valence-corrected chi connectivity index (χ2v) is 5.70. The Bertz CT molecular complexity index is 525. The van der Waals surface area contributed by atoms with Gasteiger partial charge >= 0.3 is 0 Å². The zero-order chi connectivity index (χ0) is 13.7. The predicted molar refractivity (Wildman–Crippen MR) is 82.3 cm³/mol. The molecule has 0 saturated heterocycles. The van der Waals surface area contributed by atoms with Gasteiger partial charge in [-0.2, -0.15) is 0 Å². The molecular weight excluding hydrogens is 302 g/mol. The van der Waals surface area contributed by atoms with Crippen LogP contribution in [0.4, 0.5) is 0 Å². The lowest BCUT2D eigenvalue weighted by Gasteiger charge is -2.14. The third kappa shape index (κ3) is 4.69. The zero-order valence-corrected chi connectivity index (χ0v) is 12.5. The molecule has 19 heavy (non-hydrogen) atoms. The monoisotopic (exact) mass is 319 g/mol. The van der Waals surface area contributed by atoms with Crippen molar-refractivity contribution in [2.45, 2.75) is 25.9 Å². The lowest BCUT2D eigenvalue weighted by molar-refractivity contribution is 0.473. The fourth-order valence-electron chi connectivity index (χ4n) is 2.00. The minimum absolute atomic E-state index is 0.319. The third-order valence-corrected chi connectivity index (χ3v) is 3.55. The van der Waals surface area contributed by atoms with Crippen molar-refractivity contribution in [1.29, 1.82) is 0 Å². The first-order valence-electron chi connectivity index (χ1n) is 6.39. The molecule has 0 bridgehead atoms. The molecular formula is C16H18BrNO. The summed E-state index contributed by atoms with van der Waals surface area (Å²) in [6, 6.07) is 16.2.